The molecule has 1 aromatic rings. The molecule has 1 N–H and O–H groups in total. The van der Waals surface area contributed by atoms with Crippen LogP contribution in [-0.2, 0) is 0 Å². The summed E-state index contributed by atoms with van der Waals surface area (Å²) in [7, 11) is 0. The number of rotatable bonds is 8. The number of hydrogen-bond acceptors (Lipinski definition) is 3. The van der Waals surface area contributed by atoms with Gasteiger partial charge in [0.15, 0.2) is 5.78 Å². The van der Waals surface area contributed by atoms with Crippen LogP contribution < -0.4 is 10.1 Å². The summed E-state index contributed by atoms with van der Waals surface area (Å²) in [6, 6.07) is 7.58. The third kappa shape index (κ3) is 4.34. The number of nitrogens with one attached hydrogen (secondary N) is 1. The molecule has 1 atom stereocenters. The first-order chi connectivity index (χ1) is 9.81. The van der Waals surface area contributed by atoms with E-state index < -0.39 is 0 Å². The number of benzene rings is 1. The molecule has 0 bridgehead atoms. The number of ketones is 1. The first-order valence-corrected chi connectivity index (χ1v) is 7.81. The zero-order chi connectivity index (χ0) is 14.2. The smallest absolute Gasteiger partial charge is 0.179 e. The fraction of sp³-hybridized carbons (Fsp3) is 0.588. The van der Waals surface area contributed by atoms with Crippen molar-refractivity contribution in [3.05, 3.63) is 29.8 Å². The minimum absolute atomic E-state index is 0.0100. The Kier molecular flexibility index (Phi) is 6.06. The third-order valence-electron chi connectivity index (χ3n) is 3.78. The van der Waals surface area contributed by atoms with Crippen molar-refractivity contribution in [1.29, 1.82) is 0 Å². The molecule has 1 saturated heterocycles. The van der Waals surface area contributed by atoms with Gasteiger partial charge in [-0.15, -0.1) is 0 Å². The molecule has 110 valence electrons. The van der Waals surface area contributed by atoms with Gasteiger partial charge in [0, 0.05) is 5.56 Å². The Hall–Kier alpha value is -1.35. The maximum atomic E-state index is 12.2. The summed E-state index contributed by atoms with van der Waals surface area (Å²) in [4.78, 5) is 12.2. The standard InChI is InChI=1S/C17H25NO2/c1-2-3-4-5-13-20-15-10-8-14(9-11-15)17(19)16-7-6-12-18-16/h8-11,16,18H,2-7,12-13H2,1H3. The Morgan fingerprint density at radius 3 is 2.70 bits per heavy atom. The van der Waals surface area contributed by atoms with E-state index in [1.165, 1.54) is 19.3 Å². The summed E-state index contributed by atoms with van der Waals surface area (Å²) in [5.41, 5.74) is 0.780. The molecule has 1 unspecified atom stereocenters. The molecule has 1 fully saturated rings. The van der Waals surface area contributed by atoms with Gasteiger partial charge in [-0.3, -0.25) is 4.79 Å². The lowest BCUT2D eigenvalue weighted by Gasteiger charge is -2.10. The van der Waals surface area contributed by atoms with Crippen molar-refractivity contribution in [1.82, 2.24) is 5.32 Å². The summed E-state index contributed by atoms with van der Waals surface area (Å²) in [6.07, 6.45) is 6.88. The van der Waals surface area contributed by atoms with Crippen LogP contribution in [0.3, 0.4) is 0 Å². The third-order valence-corrected chi connectivity index (χ3v) is 3.78. The molecule has 0 spiro atoms. The quantitative estimate of drug-likeness (QED) is 0.582. The van der Waals surface area contributed by atoms with Crippen LogP contribution in [0.5, 0.6) is 5.75 Å². The number of hydrogen-bond donors (Lipinski definition) is 1. The Morgan fingerprint density at radius 1 is 1.25 bits per heavy atom. The first-order valence-electron chi connectivity index (χ1n) is 7.81. The zero-order valence-corrected chi connectivity index (χ0v) is 12.4. The van der Waals surface area contributed by atoms with Crippen molar-refractivity contribution >= 4 is 5.78 Å². The van der Waals surface area contributed by atoms with E-state index in [2.05, 4.69) is 12.2 Å². The number of carbonyl (C=O) groups excluding carboxylic acids is 1. The van der Waals surface area contributed by atoms with Gasteiger partial charge in [0.2, 0.25) is 0 Å². The van der Waals surface area contributed by atoms with Gasteiger partial charge < -0.3 is 10.1 Å². The molecule has 3 heteroatoms. The van der Waals surface area contributed by atoms with Crippen LogP contribution in [0.1, 0.15) is 55.8 Å². The maximum Gasteiger partial charge on any atom is 0.179 e. The molecule has 1 aromatic carbocycles. The number of unbranched alkanes of at least 4 members (excludes halogenated alkanes) is 3. The lowest BCUT2D eigenvalue weighted by Crippen LogP contribution is -2.30. The molecule has 0 aromatic heterocycles. The molecule has 1 aliphatic heterocycles. The van der Waals surface area contributed by atoms with E-state index in [9.17, 15) is 4.79 Å². The van der Waals surface area contributed by atoms with Crippen molar-refractivity contribution in [2.75, 3.05) is 13.2 Å². The van der Waals surface area contributed by atoms with E-state index in [1.54, 1.807) is 0 Å². The van der Waals surface area contributed by atoms with Crippen molar-refractivity contribution in [2.45, 2.75) is 51.5 Å². The number of carbonyl (C=O) groups is 1. The molecule has 0 amide bonds. The van der Waals surface area contributed by atoms with Crippen LogP contribution in [0.25, 0.3) is 0 Å². The maximum absolute atomic E-state index is 12.2. The summed E-state index contributed by atoms with van der Waals surface area (Å²) < 4.78 is 5.69. The van der Waals surface area contributed by atoms with E-state index in [4.69, 9.17) is 4.74 Å². The van der Waals surface area contributed by atoms with Gasteiger partial charge in [-0.2, -0.15) is 0 Å². The fourth-order valence-corrected chi connectivity index (χ4v) is 2.54. The van der Waals surface area contributed by atoms with Gasteiger partial charge in [-0.25, -0.2) is 0 Å². The Morgan fingerprint density at radius 2 is 2.05 bits per heavy atom. The molecule has 3 nitrogen and oxygen atoms in total. The van der Waals surface area contributed by atoms with Gasteiger partial charge in [-0.05, 0) is 50.1 Å². The molecular formula is C17H25NO2. The topological polar surface area (TPSA) is 38.3 Å². The molecule has 20 heavy (non-hydrogen) atoms. The summed E-state index contributed by atoms with van der Waals surface area (Å²) in [5.74, 6) is 1.06. The normalized spacial score (nSPS) is 18.1. The molecular weight excluding hydrogens is 250 g/mol. The number of Topliss-reactive ketones (excluding diaryl/α,β-unsaturated/α-hetero) is 1. The van der Waals surface area contributed by atoms with Crippen LogP contribution in [0.2, 0.25) is 0 Å². The second-order valence-corrected chi connectivity index (χ2v) is 5.45. The van der Waals surface area contributed by atoms with E-state index >= 15 is 0 Å². The summed E-state index contributed by atoms with van der Waals surface area (Å²) in [6.45, 7) is 3.92. The first kappa shape index (κ1) is 15.0. The minimum atomic E-state index is 0.0100. The van der Waals surface area contributed by atoms with Crippen LogP contribution in [0.4, 0.5) is 0 Å². The van der Waals surface area contributed by atoms with E-state index in [0.717, 1.165) is 43.7 Å². The number of ether oxygens (including phenoxy) is 1. The second-order valence-electron chi connectivity index (χ2n) is 5.45. The Bertz CT molecular complexity index is 408. The zero-order valence-electron chi connectivity index (χ0n) is 12.4. The van der Waals surface area contributed by atoms with Gasteiger partial charge in [-0.1, -0.05) is 26.2 Å². The lowest BCUT2D eigenvalue weighted by molar-refractivity contribution is 0.0952. The molecule has 0 aliphatic carbocycles. The van der Waals surface area contributed by atoms with Crippen LogP contribution >= 0.6 is 0 Å². The van der Waals surface area contributed by atoms with Crippen molar-refractivity contribution < 1.29 is 9.53 Å². The molecule has 1 heterocycles. The highest BCUT2D eigenvalue weighted by molar-refractivity contribution is 6.00. The molecule has 0 radical (unpaired) electrons. The van der Waals surface area contributed by atoms with E-state index in [0.29, 0.717) is 0 Å². The van der Waals surface area contributed by atoms with Gasteiger partial charge in [0.1, 0.15) is 5.75 Å². The minimum Gasteiger partial charge on any atom is -0.494 e. The largest absolute Gasteiger partial charge is 0.494 e. The van der Waals surface area contributed by atoms with Crippen LogP contribution in [0, 0.1) is 0 Å². The summed E-state index contributed by atoms with van der Waals surface area (Å²) >= 11 is 0. The van der Waals surface area contributed by atoms with Crippen molar-refractivity contribution in [3.63, 3.8) is 0 Å². The Labute approximate surface area is 121 Å². The highest BCUT2D eigenvalue weighted by Gasteiger charge is 2.22. The average Bonchev–Trinajstić information content (AvgIpc) is 3.01. The lowest BCUT2D eigenvalue weighted by atomic mass is 10.0. The van der Waals surface area contributed by atoms with E-state index in [-0.39, 0.29) is 11.8 Å². The van der Waals surface area contributed by atoms with Gasteiger partial charge >= 0.3 is 0 Å². The SMILES string of the molecule is CCCCCCOc1ccc(C(=O)C2CCCN2)cc1. The van der Waals surface area contributed by atoms with Crippen molar-refractivity contribution in [2.24, 2.45) is 0 Å². The summed E-state index contributed by atoms with van der Waals surface area (Å²) in [5, 5.41) is 3.24. The van der Waals surface area contributed by atoms with Gasteiger partial charge in [0.05, 0.1) is 12.6 Å². The monoisotopic (exact) mass is 275 g/mol. The molecule has 0 saturated carbocycles. The predicted octanol–water partition coefficient (Wildman–Crippen LogP) is 3.58. The van der Waals surface area contributed by atoms with E-state index in [1.807, 2.05) is 24.3 Å². The highest BCUT2D eigenvalue weighted by Crippen LogP contribution is 2.17. The molecule has 1 aliphatic rings. The highest BCUT2D eigenvalue weighted by atomic mass is 16.5. The second kappa shape index (κ2) is 8.05. The molecule has 2 rings (SSSR count). The predicted molar refractivity (Wildman–Crippen MR) is 81.4 cm³/mol. The Balaban J connectivity index is 1.78. The fourth-order valence-electron chi connectivity index (χ4n) is 2.54. The average molecular weight is 275 g/mol. The van der Waals surface area contributed by atoms with Crippen molar-refractivity contribution in [3.8, 4) is 5.75 Å². The van der Waals surface area contributed by atoms with Crippen LogP contribution in [0.15, 0.2) is 24.3 Å². The van der Waals surface area contributed by atoms with Gasteiger partial charge in [0.25, 0.3) is 0 Å². The van der Waals surface area contributed by atoms with Crippen LogP contribution in [-0.4, -0.2) is 25.0 Å².